The van der Waals surface area contributed by atoms with Crippen molar-refractivity contribution in [2.24, 2.45) is 5.10 Å². The number of aromatic nitrogens is 2. The summed E-state index contributed by atoms with van der Waals surface area (Å²) >= 11 is 7.75. The minimum atomic E-state index is -0.456. The van der Waals surface area contributed by atoms with Crippen molar-refractivity contribution in [3.63, 3.8) is 0 Å². The van der Waals surface area contributed by atoms with Crippen molar-refractivity contribution in [3.05, 3.63) is 110 Å². The molecule has 0 atom stereocenters. The number of nitro benzene ring substituents is 1. The lowest BCUT2D eigenvalue weighted by atomic mass is 10.1. The Labute approximate surface area is 214 Å². The molecule has 178 valence electrons. The molecule has 5 rings (SSSR count). The minimum Gasteiger partial charge on any atom is -0.266 e. The van der Waals surface area contributed by atoms with Crippen LogP contribution in [0.5, 0.6) is 0 Å². The Balaban J connectivity index is 1.47. The summed E-state index contributed by atoms with van der Waals surface area (Å²) in [6, 6.07) is 21.5. The van der Waals surface area contributed by atoms with Crippen molar-refractivity contribution in [2.45, 2.75) is 6.92 Å². The molecule has 0 unspecified atom stereocenters. The van der Waals surface area contributed by atoms with Crippen molar-refractivity contribution in [1.29, 1.82) is 0 Å². The Hall–Kier alpha value is -4.34. The number of nitrogens with one attached hydrogen (secondary N) is 1. The van der Waals surface area contributed by atoms with E-state index >= 15 is 0 Å². The van der Waals surface area contributed by atoms with E-state index in [0.717, 1.165) is 21.3 Å². The second kappa shape index (κ2) is 9.73. The number of non-ortho nitro benzene ring substituents is 1. The maximum absolute atomic E-state index is 12.8. The first kappa shape index (κ1) is 23.4. The maximum Gasteiger partial charge on any atom is 0.283 e. The van der Waals surface area contributed by atoms with E-state index in [1.807, 2.05) is 55.5 Å². The molecule has 8 nitrogen and oxygen atoms in total. The quantitative estimate of drug-likeness (QED) is 0.161. The highest BCUT2D eigenvalue weighted by Crippen LogP contribution is 2.35. The molecular formula is C26H18ClN5O3S. The first-order valence-electron chi connectivity index (χ1n) is 10.8. The lowest BCUT2D eigenvalue weighted by Gasteiger charge is -2.01. The third-order valence-corrected chi connectivity index (χ3v) is 7.11. The third kappa shape index (κ3) is 4.61. The predicted octanol–water partition coefficient (Wildman–Crippen LogP) is 6.39. The number of carbonyl (C=O) groups excluding carboxylic acids is 1. The SMILES string of the molecule is Cc1ccc2c(Cl)c(C(=O)N/N=C/c3cn(-c4ccccc4)nc3-c3cccc([N+](=O)[O-])c3)sc2c1. The van der Waals surface area contributed by atoms with E-state index in [9.17, 15) is 14.9 Å². The summed E-state index contributed by atoms with van der Waals surface area (Å²) in [5.41, 5.74) is 5.97. The second-order valence-electron chi connectivity index (χ2n) is 7.96. The molecule has 0 bridgehead atoms. The lowest BCUT2D eigenvalue weighted by molar-refractivity contribution is -0.384. The van der Waals surface area contributed by atoms with Crippen LogP contribution in [0.3, 0.4) is 0 Å². The molecule has 0 aliphatic rings. The van der Waals surface area contributed by atoms with Gasteiger partial charge in [-0.3, -0.25) is 14.9 Å². The van der Waals surface area contributed by atoms with Gasteiger partial charge in [-0.2, -0.15) is 10.2 Å². The zero-order valence-electron chi connectivity index (χ0n) is 18.9. The molecule has 1 N–H and O–H groups in total. The summed E-state index contributed by atoms with van der Waals surface area (Å²) in [5, 5.41) is 21.3. The van der Waals surface area contributed by atoms with E-state index in [2.05, 4.69) is 15.6 Å². The van der Waals surface area contributed by atoms with Crippen LogP contribution in [0, 0.1) is 17.0 Å². The molecule has 2 heterocycles. The second-order valence-corrected chi connectivity index (χ2v) is 9.39. The molecule has 2 aromatic heterocycles. The molecule has 3 aromatic carbocycles. The van der Waals surface area contributed by atoms with E-state index in [0.29, 0.717) is 26.7 Å². The third-order valence-electron chi connectivity index (χ3n) is 5.45. The van der Waals surface area contributed by atoms with Gasteiger partial charge in [0.2, 0.25) is 0 Å². The number of hydrazone groups is 1. The highest BCUT2D eigenvalue weighted by molar-refractivity contribution is 7.21. The molecule has 36 heavy (non-hydrogen) atoms. The van der Waals surface area contributed by atoms with Gasteiger partial charge in [0, 0.05) is 39.5 Å². The van der Waals surface area contributed by atoms with Crippen molar-refractivity contribution in [1.82, 2.24) is 15.2 Å². The Kier molecular flexibility index (Phi) is 6.32. The lowest BCUT2D eigenvalue weighted by Crippen LogP contribution is -2.16. The number of para-hydroxylation sites is 1. The number of rotatable bonds is 6. The molecular weight excluding hydrogens is 498 g/mol. The van der Waals surface area contributed by atoms with E-state index in [-0.39, 0.29) is 5.69 Å². The molecule has 0 saturated heterocycles. The number of aryl methyl sites for hydroxylation is 1. The van der Waals surface area contributed by atoms with Crippen LogP contribution < -0.4 is 5.43 Å². The monoisotopic (exact) mass is 515 g/mol. The highest BCUT2D eigenvalue weighted by atomic mass is 35.5. The highest BCUT2D eigenvalue weighted by Gasteiger charge is 2.18. The van der Waals surface area contributed by atoms with Crippen LogP contribution in [0.15, 0.2) is 84.1 Å². The standard InChI is InChI=1S/C26H18ClN5O3S/c1-16-10-11-21-22(12-16)36-25(23(21)27)26(33)29-28-14-18-15-31(19-7-3-2-4-8-19)30-24(18)17-6-5-9-20(13-17)32(34)35/h2-15H,1H3,(H,29,33)/b28-14+. The Morgan fingerprint density at radius 2 is 1.94 bits per heavy atom. The first-order chi connectivity index (χ1) is 17.4. The van der Waals surface area contributed by atoms with Gasteiger partial charge in [-0.05, 0) is 30.7 Å². The number of hydrogen-bond donors (Lipinski definition) is 1. The van der Waals surface area contributed by atoms with Crippen LogP contribution in [0.1, 0.15) is 20.8 Å². The largest absolute Gasteiger partial charge is 0.283 e. The van der Waals surface area contributed by atoms with E-state index < -0.39 is 10.8 Å². The number of carbonyl (C=O) groups is 1. The molecule has 0 spiro atoms. The zero-order valence-corrected chi connectivity index (χ0v) is 20.5. The number of thiophene rings is 1. The fourth-order valence-corrected chi connectivity index (χ4v) is 5.22. The van der Waals surface area contributed by atoms with Crippen molar-refractivity contribution >= 4 is 50.8 Å². The summed E-state index contributed by atoms with van der Waals surface area (Å²) in [5.74, 6) is -0.428. The molecule has 0 aliphatic heterocycles. The van der Waals surface area contributed by atoms with Crippen LogP contribution in [0.2, 0.25) is 5.02 Å². The topological polar surface area (TPSA) is 102 Å². The maximum atomic E-state index is 12.8. The van der Waals surface area contributed by atoms with Crippen molar-refractivity contribution < 1.29 is 9.72 Å². The normalized spacial score (nSPS) is 11.3. The molecule has 5 aromatic rings. The van der Waals surface area contributed by atoms with Gasteiger partial charge >= 0.3 is 0 Å². The fourth-order valence-electron chi connectivity index (χ4n) is 3.72. The molecule has 1 amide bonds. The number of nitrogens with zero attached hydrogens (tertiary/aromatic N) is 4. The summed E-state index contributed by atoms with van der Waals surface area (Å²) in [6.45, 7) is 1.98. The smallest absolute Gasteiger partial charge is 0.266 e. The van der Waals surface area contributed by atoms with E-state index in [4.69, 9.17) is 11.6 Å². The van der Waals surface area contributed by atoms with Gasteiger partial charge in [-0.15, -0.1) is 11.3 Å². The van der Waals surface area contributed by atoms with Crippen LogP contribution in [0.4, 0.5) is 5.69 Å². The van der Waals surface area contributed by atoms with Gasteiger partial charge in [0.05, 0.1) is 21.8 Å². The molecule has 0 fully saturated rings. The van der Waals surface area contributed by atoms with Crippen LogP contribution in [-0.2, 0) is 0 Å². The summed E-state index contributed by atoms with van der Waals surface area (Å²) in [4.78, 5) is 24.0. The summed E-state index contributed by atoms with van der Waals surface area (Å²) in [6.07, 6.45) is 3.21. The number of fused-ring (bicyclic) bond motifs is 1. The number of amides is 1. The van der Waals surface area contributed by atoms with Crippen LogP contribution in [0.25, 0.3) is 27.0 Å². The average molecular weight is 516 g/mol. The van der Waals surface area contributed by atoms with Gasteiger partial charge in [-0.1, -0.05) is 54.1 Å². The van der Waals surface area contributed by atoms with Crippen LogP contribution in [-0.4, -0.2) is 26.8 Å². The first-order valence-corrected chi connectivity index (χ1v) is 12.0. The van der Waals surface area contributed by atoms with E-state index in [1.165, 1.54) is 29.7 Å². The Morgan fingerprint density at radius 3 is 2.72 bits per heavy atom. The molecule has 10 heteroatoms. The Bertz CT molecular complexity index is 1640. The minimum absolute atomic E-state index is 0.0485. The van der Waals surface area contributed by atoms with Gasteiger partial charge in [-0.25, -0.2) is 10.1 Å². The number of hydrogen-bond acceptors (Lipinski definition) is 6. The molecule has 0 aliphatic carbocycles. The van der Waals surface area contributed by atoms with Crippen LogP contribution >= 0.6 is 22.9 Å². The van der Waals surface area contributed by atoms with Crippen molar-refractivity contribution in [2.75, 3.05) is 0 Å². The van der Waals surface area contributed by atoms with E-state index in [1.54, 1.807) is 23.0 Å². The average Bonchev–Trinajstić information content (AvgIpc) is 3.45. The van der Waals surface area contributed by atoms with Gasteiger partial charge < -0.3 is 0 Å². The van der Waals surface area contributed by atoms with Gasteiger partial charge in [0.1, 0.15) is 10.6 Å². The summed E-state index contributed by atoms with van der Waals surface area (Å²) < 4.78 is 2.58. The van der Waals surface area contributed by atoms with Crippen molar-refractivity contribution in [3.8, 4) is 16.9 Å². The zero-order chi connectivity index (χ0) is 25.2. The van der Waals surface area contributed by atoms with Gasteiger partial charge in [0.15, 0.2) is 0 Å². The number of nitro groups is 1. The predicted molar refractivity (Wildman–Crippen MR) is 142 cm³/mol. The summed E-state index contributed by atoms with van der Waals surface area (Å²) in [7, 11) is 0. The number of halogens is 1. The Morgan fingerprint density at radius 1 is 1.14 bits per heavy atom. The number of benzene rings is 3. The fraction of sp³-hybridized carbons (Fsp3) is 0.0385. The molecule has 0 saturated carbocycles. The molecule has 0 radical (unpaired) electrons. The van der Waals surface area contributed by atoms with Gasteiger partial charge in [0.25, 0.3) is 11.6 Å².